The molecule has 134 valence electrons. The van der Waals surface area contributed by atoms with Crippen LogP contribution in [-0.2, 0) is 17.9 Å². The molecule has 0 spiro atoms. The van der Waals surface area contributed by atoms with Crippen LogP contribution in [0.2, 0.25) is 0 Å². The summed E-state index contributed by atoms with van der Waals surface area (Å²) < 4.78 is 7.27. The Morgan fingerprint density at radius 2 is 2.19 bits per heavy atom. The van der Waals surface area contributed by atoms with Crippen molar-refractivity contribution in [3.8, 4) is 17.3 Å². The summed E-state index contributed by atoms with van der Waals surface area (Å²) in [7, 11) is 1.55. The number of nitrogens with zero attached hydrogens (tertiary/aromatic N) is 3. The van der Waals surface area contributed by atoms with Crippen molar-refractivity contribution in [3.05, 3.63) is 58.5 Å². The van der Waals surface area contributed by atoms with Crippen molar-refractivity contribution in [2.75, 3.05) is 7.11 Å². The van der Waals surface area contributed by atoms with Crippen molar-refractivity contribution in [2.24, 2.45) is 0 Å². The molecule has 2 heterocycles. The van der Waals surface area contributed by atoms with E-state index in [1.54, 1.807) is 23.9 Å². The van der Waals surface area contributed by atoms with Crippen LogP contribution in [0.25, 0.3) is 11.4 Å². The van der Waals surface area contributed by atoms with E-state index in [0.29, 0.717) is 23.0 Å². The molecule has 0 unspecified atom stereocenters. The lowest BCUT2D eigenvalue weighted by molar-refractivity contribution is -0.121. The molecule has 1 aromatic carbocycles. The van der Waals surface area contributed by atoms with Gasteiger partial charge in [0.1, 0.15) is 6.54 Å². The average Bonchev–Trinajstić information content (AvgIpc) is 3.00. The molecule has 0 fully saturated rings. The molecular formula is C18H19N5O2S. The van der Waals surface area contributed by atoms with Crippen LogP contribution in [0.3, 0.4) is 0 Å². The van der Waals surface area contributed by atoms with Crippen LogP contribution in [0, 0.1) is 11.7 Å². The van der Waals surface area contributed by atoms with Gasteiger partial charge in [-0.05, 0) is 31.3 Å². The SMILES string of the molecule is COc1ncccc1CNC(=O)Cn1c(-c2cccc(C)c2)n[nH]c1=S. The first kappa shape index (κ1) is 17.8. The van der Waals surface area contributed by atoms with Gasteiger partial charge in [-0.15, -0.1) is 0 Å². The van der Waals surface area contributed by atoms with E-state index >= 15 is 0 Å². The topological polar surface area (TPSA) is 84.8 Å². The largest absolute Gasteiger partial charge is 0.481 e. The van der Waals surface area contributed by atoms with E-state index in [2.05, 4.69) is 20.5 Å². The third-order valence-corrected chi connectivity index (χ3v) is 4.17. The summed E-state index contributed by atoms with van der Waals surface area (Å²) >= 11 is 5.28. The second-order valence-corrected chi connectivity index (χ2v) is 6.14. The van der Waals surface area contributed by atoms with Crippen molar-refractivity contribution in [1.82, 2.24) is 25.1 Å². The fourth-order valence-corrected chi connectivity index (χ4v) is 2.80. The molecule has 8 heteroatoms. The van der Waals surface area contributed by atoms with Crippen molar-refractivity contribution in [3.63, 3.8) is 0 Å². The molecule has 0 aliphatic carbocycles. The smallest absolute Gasteiger partial charge is 0.240 e. The van der Waals surface area contributed by atoms with E-state index in [1.165, 1.54) is 0 Å². The number of pyridine rings is 1. The van der Waals surface area contributed by atoms with E-state index in [-0.39, 0.29) is 12.5 Å². The number of ether oxygens (including phenoxy) is 1. The summed E-state index contributed by atoms with van der Waals surface area (Å²) in [5, 5.41) is 9.88. The molecule has 0 bridgehead atoms. The molecule has 0 aliphatic heterocycles. The number of aromatic amines is 1. The average molecular weight is 369 g/mol. The first-order valence-corrected chi connectivity index (χ1v) is 8.46. The van der Waals surface area contributed by atoms with E-state index < -0.39 is 0 Å². The fourth-order valence-electron chi connectivity index (χ4n) is 2.60. The zero-order chi connectivity index (χ0) is 18.5. The van der Waals surface area contributed by atoms with Crippen molar-refractivity contribution in [2.45, 2.75) is 20.0 Å². The van der Waals surface area contributed by atoms with E-state index in [0.717, 1.165) is 16.7 Å². The maximum absolute atomic E-state index is 12.4. The second-order valence-electron chi connectivity index (χ2n) is 5.76. The number of benzene rings is 1. The van der Waals surface area contributed by atoms with E-state index in [1.807, 2.05) is 37.3 Å². The maximum atomic E-state index is 12.4. The fraction of sp³-hybridized carbons (Fsp3) is 0.222. The Kier molecular flexibility index (Phi) is 5.43. The number of hydrogen-bond donors (Lipinski definition) is 2. The van der Waals surface area contributed by atoms with Gasteiger partial charge in [0.2, 0.25) is 11.8 Å². The second kappa shape index (κ2) is 7.92. The number of amides is 1. The summed E-state index contributed by atoms with van der Waals surface area (Å²) in [6.07, 6.45) is 1.64. The molecule has 1 amide bonds. The van der Waals surface area contributed by atoms with Crippen LogP contribution < -0.4 is 10.1 Å². The summed E-state index contributed by atoms with van der Waals surface area (Å²) in [5.74, 6) is 0.947. The highest BCUT2D eigenvalue weighted by atomic mass is 32.1. The number of methoxy groups -OCH3 is 1. The van der Waals surface area contributed by atoms with Gasteiger partial charge in [0.25, 0.3) is 0 Å². The first-order chi connectivity index (χ1) is 12.6. The Morgan fingerprint density at radius 1 is 1.35 bits per heavy atom. The normalized spacial score (nSPS) is 10.5. The zero-order valence-corrected chi connectivity index (χ0v) is 15.3. The summed E-state index contributed by atoms with van der Waals surface area (Å²) in [6.45, 7) is 2.39. The Balaban J connectivity index is 1.74. The van der Waals surface area contributed by atoms with Crippen LogP contribution in [0.4, 0.5) is 0 Å². The minimum absolute atomic E-state index is 0.0706. The van der Waals surface area contributed by atoms with Gasteiger partial charge in [-0.3, -0.25) is 14.5 Å². The first-order valence-electron chi connectivity index (χ1n) is 8.05. The van der Waals surface area contributed by atoms with Gasteiger partial charge < -0.3 is 10.1 Å². The molecule has 3 rings (SSSR count). The number of carbonyl (C=O) groups excluding carboxylic acids is 1. The van der Waals surface area contributed by atoms with Gasteiger partial charge in [0.05, 0.1) is 7.11 Å². The Labute approximate surface area is 156 Å². The molecule has 2 N–H and O–H groups in total. The predicted octanol–water partition coefficient (Wildman–Crippen LogP) is 2.64. The van der Waals surface area contributed by atoms with E-state index in [9.17, 15) is 4.79 Å². The number of H-pyrrole nitrogens is 1. The lowest BCUT2D eigenvalue weighted by Crippen LogP contribution is -2.27. The molecule has 0 saturated heterocycles. The van der Waals surface area contributed by atoms with Gasteiger partial charge in [0, 0.05) is 23.9 Å². The van der Waals surface area contributed by atoms with Crippen LogP contribution in [0.1, 0.15) is 11.1 Å². The number of hydrogen-bond acceptors (Lipinski definition) is 5. The van der Waals surface area contributed by atoms with Gasteiger partial charge in [-0.25, -0.2) is 4.98 Å². The highest BCUT2D eigenvalue weighted by Crippen LogP contribution is 2.18. The highest BCUT2D eigenvalue weighted by molar-refractivity contribution is 7.71. The molecule has 0 radical (unpaired) electrons. The maximum Gasteiger partial charge on any atom is 0.240 e. The zero-order valence-electron chi connectivity index (χ0n) is 14.5. The van der Waals surface area contributed by atoms with E-state index in [4.69, 9.17) is 17.0 Å². The molecule has 2 aromatic heterocycles. The third kappa shape index (κ3) is 3.97. The third-order valence-electron chi connectivity index (χ3n) is 3.86. The van der Waals surface area contributed by atoms with Crippen LogP contribution >= 0.6 is 12.2 Å². The van der Waals surface area contributed by atoms with Crippen molar-refractivity contribution < 1.29 is 9.53 Å². The number of carbonyl (C=O) groups is 1. The minimum Gasteiger partial charge on any atom is -0.481 e. The van der Waals surface area contributed by atoms with Gasteiger partial charge in [-0.2, -0.15) is 5.10 Å². The minimum atomic E-state index is -0.178. The lowest BCUT2D eigenvalue weighted by atomic mass is 10.1. The molecule has 0 saturated carbocycles. The van der Waals surface area contributed by atoms with Crippen LogP contribution in [0.5, 0.6) is 5.88 Å². The predicted molar refractivity (Wildman–Crippen MR) is 100 cm³/mol. The summed E-state index contributed by atoms with van der Waals surface area (Å²) in [5.41, 5.74) is 2.81. The number of aromatic nitrogens is 4. The van der Waals surface area contributed by atoms with Crippen LogP contribution in [0.15, 0.2) is 42.6 Å². The molecule has 0 atom stereocenters. The molecular weight excluding hydrogens is 350 g/mol. The molecule has 0 aliphatic rings. The Bertz CT molecular complexity index is 979. The standard InChI is InChI=1S/C18H19N5O2S/c1-12-5-3-6-13(9-12)16-21-22-18(26)23(16)11-15(24)20-10-14-7-4-8-19-17(14)25-2/h3-9H,10-11H2,1-2H3,(H,20,24)(H,22,26). The molecule has 7 nitrogen and oxygen atoms in total. The van der Waals surface area contributed by atoms with Crippen molar-refractivity contribution >= 4 is 18.1 Å². The molecule has 3 aromatic rings. The number of aryl methyl sites for hydroxylation is 1. The Morgan fingerprint density at radius 3 is 2.96 bits per heavy atom. The van der Waals surface area contributed by atoms with Gasteiger partial charge in [-0.1, -0.05) is 29.8 Å². The number of nitrogens with one attached hydrogen (secondary N) is 2. The highest BCUT2D eigenvalue weighted by Gasteiger charge is 2.13. The lowest BCUT2D eigenvalue weighted by Gasteiger charge is -2.10. The quantitative estimate of drug-likeness (QED) is 0.653. The van der Waals surface area contributed by atoms with Gasteiger partial charge >= 0.3 is 0 Å². The monoisotopic (exact) mass is 369 g/mol. The molecule has 26 heavy (non-hydrogen) atoms. The Hall–Kier alpha value is -3.00. The van der Waals surface area contributed by atoms with Crippen molar-refractivity contribution in [1.29, 1.82) is 0 Å². The summed E-state index contributed by atoms with van der Waals surface area (Å²) in [6, 6.07) is 11.5. The summed E-state index contributed by atoms with van der Waals surface area (Å²) in [4.78, 5) is 16.5. The van der Waals surface area contributed by atoms with Crippen LogP contribution in [-0.4, -0.2) is 32.8 Å². The van der Waals surface area contributed by atoms with Gasteiger partial charge in [0.15, 0.2) is 10.6 Å². The number of rotatable bonds is 6.